The molecule has 0 atom stereocenters. The van der Waals surface area contributed by atoms with E-state index >= 15 is 0 Å². The van der Waals surface area contributed by atoms with Crippen molar-refractivity contribution in [2.45, 2.75) is 20.3 Å². The highest BCUT2D eigenvalue weighted by molar-refractivity contribution is 5.93. The Morgan fingerprint density at radius 1 is 1.26 bits per heavy atom. The van der Waals surface area contributed by atoms with E-state index in [1.54, 1.807) is 0 Å². The standard InChI is InChI=1S/C14H17N3O2/c1-3-9-17(4-2)13-10-7-5-6-8-11(10)15-12(16-13)14(18)19/h5-8H,3-4,9H2,1-2H3,(H,18,19). The molecule has 0 aliphatic heterocycles. The van der Waals surface area contributed by atoms with Gasteiger partial charge in [0, 0.05) is 18.5 Å². The predicted octanol–water partition coefficient (Wildman–Crippen LogP) is 2.56. The largest absolute Gasteiger partial charge is 0.475 e. The van der Waals surface area contributed by atoms with Gasteiger partial charge in [-0.2, -0.15) is 0 Å². The highest BCUT2D eigenvalue weighted by atomic mass is 16.4. The van der Waals surface area contributed by atoms with Crippen LogP contribution in [-0.4, -0.2) is 34.1 Å². The van der Waals surface area contributed by atoms with E-state index in [1.807, 2.05) is 31.2 Å². The van der Waals surface area contributed by atoms with Gasteiger partial charge in [0.2, 0.25) is 5.82 Å². The third-order valence-electron chi connectivity index (χ3n) is 2.95. The van der Waals surface area contributed by atoms with Gasteiger partial charge < -0.3 is 10.0 Å². The van der Waals surface area contributed by atoms with Gasteiger partial charge in [-0.15, -0.1) is 0 Å². The maximum absolute atomic E-state index is 11.1. The lowest BCUT2D eigenvalue weighted by Gasteiger charge is -2.22. The second-order valence-corrected chi connectivity index (χ2v) is 4.27. The van der Waals surface area contributed by atoms with Gasteiger partial charge in [0.15, 0.2) is 0 Å². The van der Waals surface area contributed by atoms with E-state index in [0.29, 0.717) is 11.3 Å². The van der Waals surface area contributed by atoms with Crippen LogP contribution in [0, 0.1) is 0 Å². The number of hydrogen-bond acceptors (Lipinski definition) is 4. The minimum absolute atomic E-state index is 0.150. The monoisotopic (exact) mass is 259 g/mol. The molecule has 0 aliphatic rings. The van der Waals surface area contributed by atoms with Gasteiger partial charge >= 0.3 is 5.97 Å². The molecule has 1 heterocycles. The van der Waals surface area contributed by atoms with Crippen molar-refractivity contribution in [3.05, 3.63) is 30.1 Å². The first-order chi connectivity index (χ1) is 9.17. The molecule has 1 N–H and O–H groups in total. The Labute approximate surface area is 111 Å². The van der Waals surface area contributed by atoms with E-state index in [0.717, 1.165) is 24.9 Å². The molecule has 0 saturated heterocycles. The van der Waals surface area contributed by atoms with E-state index in [-0.39, 0.29) is 5.82 Å². The van der Waals surface area contributed by atoms with Gasteiger partial charge in [-0.1, -0.05) is 19.1 Å². The van der Waals surface area contributed by atoms with Gasteiger partial charge in [-0.3, -0.25) is 0 Å². The molecular weight excluding hydrogens is 242 g/mol. The van der Waals surface area contributed by atoms with Crippen LogP contribution in [0.15, 0.2) is 24.3 Å². The van der Waals surface area contributed by atoms with Crippen molar-refractivity contribution in [1.29, 1.82) is 0 Å². The molecule has 100 valence electrons. The molecule has 0 amide bonds. The zero-order valence-electron chi connectivity index (χ0n) is 11.1. The molecule has 1 aromatic carbocycles. The lowest BCUT2D eigenvalue weighted by molar-refractivity contribution is 0.0684. The molecule has 2 rings (SSSR count). The minimum atomic E-state index is -1.10. The second kappa shape index (κ2) is 5.65. The Kier molecular flexibility index (Phi) is 3.94. The molecule has 0 unspecified atom stereocenters. The van der Waals surface area contributed by atoms with Gasteiger partial charge in [0.05, 0.1) is 5.52 Å². The van der Waals surface area contributed by atoms with Crippen molar-refractivity contribution in [1.82, 2.24) is 9.97 Å². The zero-order valence-corrected chi connectivity index (χ0v) is 11.1. The summed E-state index contributed by atoms with van der Waals surface area (Å²) >= 11 is 0. The average Bonchev–Trinajstić information content (AvgIpc) is 2.43. The summed E-state index contributed by atoms with van der Waals surface area (Å²) in [5.41, 5.74) is 0.666. The molecule has 1 aromatic heterocycles. The van der Waals surface area contributed by atoms with Crippen LogP contribution in [0.4, 0.5) is 5.82 Å². The first kappa shape index (κ1) is 13.3. The third kappa shape index (κ3) is 2.65. The second-order valence-electron chi connectivity index (χ2n) is 4.27. The lowest BCUT2D eigenvalue weighted by atomic mass is 10.2. The number of fused-ring (bicyclic) bond motifs is 1. The Morgan fingerprint density at radius 3 is 2.63 bits per heavy atom. The van der Waals surface area contributed by atoms with Gasteiger partial charge in [-0.25, -0.2) is 14.8 Å². The Bertz CT molecular complexity index is 598. The average molecular weight is 259 g/mol. The van der Waals surface area contributed by atoms with Crippen molar-refractivity contribution < 1.29 is 9.90 Å². The first-order valence-corrected chi connectivity index (χ1v) is 6.42. The van der Waals surface area contributed by atoms with Crippen LogP contribution in [0.5, 0.6) is 0 Å². The summed E-state index contributed by atoms with van der Waals surface area (Å²) in [6, 6.07) is 7.50. The van der Waals surface area contributed by atoms with Crippen molar-refractivity contribution >= 4 is 22.7 Å². The van der Waals surface area contributed by atoms with E-state index in [9.17, 15) is 4.79 Å². The molecule has 5 nitrogen and oxygen atoms in total. The number of carbonyl (C=O) groups is 1. The number of carboxylic acid groups (broad SMARTS) is 1. The number of para-hydroxylation sites is 1. The Balaban J connectivity index is 2.65. The zero-order chi connectivity index (χ0) is 13.8. The van der Waals surface area contributed by atoms with Crippen LogP contribution in [-0.2, 0) is 0 Å². The third-order valence-corrected chi connectivity index (χ3v) is 2.95. The number of benzene rings is 1. The molecular formula is C14H17N3O2. The van der Waals surface area contributed by atoms with E-state index < -0.39 is 5.97 Å². The number of anilines is 1. The summed E-state index contributed by atoms with van der Waals surface area (Å²) in [5, 5.41) is 10.0. The van der Waals surface area contributed by atoms with Crippen LogP contribution < -0.4 is 4.90 Å². The summed E-state index contributed by atoms with van der Waals surface area (Å²) in [4.78, 5) is 21.5. The van der Waals surface area contributed by atoms with Crippen molar-refractivity contribution in [3.8, 4) is 0 Å². The van der Waals surface area contributed by atoms with Crippen LogP contribution in [0.1, 0.15) is 30.9 Å². The number of nitrogens with zero attached hydrogens (tertiary/aromatic N) is 3. The molecule has 0 radical (unpaired) electrons. The summed E-state index contributed by atoms with van der Waals surface area (Å²) in [6.07, 6.45) is 0.981. The molecule has 0 fully saturated rings. The molecule has 2 aromatic rings. The lowest BCUT2D eigenvalue weighted by Crippen LogP contribution is -2.25. The van der Waals surface area contributed by atoms with Gasteiger partial charge in [0.1, 0.15) is 5.82 Å². The maximum atomic E-state index is 11.1. The molecule has 5 heteroatoms. The van der Waals surface area contributed by atoms with Gasteiger partial charge in [-0.05, 0) is 25.5 Å². The summed E-state index contributed by atoms with van der Waals surface area (Å²) < 4.78 is 0. The first-order valence-electron chi connectivity index (χ1n) is 6.42. The fourth-order valence-corrected chi connectivity index (χ4v) is 2.08. The van der Waals surface area contributed by atoms with E-state index in [4.69, 9.17) is 5.11 Å². The summed E-state index contributed by atoms with van der Waals surface area (Å²) in [7, 11) is 0. The van der Waals surface area contributed by atoms with Crippen molar-refractivity contribution in [2.75, 3.05) is 18.0 Å². The SMILES string of the molecule is CCCN(CC)c1nc(C(=O)O)nc2ccccc12. The fraction of sp³-hybridized carbons (Fsp3) is 0.357. The van der Waals surface area contributed by atoms with Crippen molar-refractivity contribution in [3.63, 3.8) is 0 Å². The fourth-order valence-electron chi connectivity index (χ4n) is 2.08. The molecule has 19 heavy (non-hydrogen) atoms. The quantitative estimate of drug-likeness (QED) is 0.893. The number of aromatic nitrogens is 2. The molecule has 0 saturated carbocycles. The van der Waals surface area contributed by atoms with Crippen LogP contribution in [0.2, 0.25) is 0 Å². The van der Waals surface area contributed by atoms with Gasteiger partial charge in [0.25, 0.3) is 0 Å². The molecule has 0 aliphatic carbocycles. The molecule has 0 spiro atoms. The van der Waals surface area contributed by atoms with E-state index in [2.05, 4.69) is 21.8 Å². The number of hydrogen-bond donors (Lipinski definition) is 1. The Hall–Kier alpha value is -2.17. The van der Waals surface area contributed by atoms with Crippen LogP contribution in [0.3, 0.4) is 0 Å². The highest BCUT2D eigenvalue weighted by Gasteiger charge is 2.15. The summed E-state index contributed by atoms with van der Waals surface area (Å²) in [6.45, 7) is 5.75. The molecule has 0 bridgehead atoms. The number of rotatable bonds is 5. The topological polar surface area (TPSA) is 66.3 Å². The number of carboxylic acids is 1. The smallest absolute Gasteiger partial charge is 0.374 e. The predicted molar refractivity (Wildman–Crippen MR) is 74.7 cm³/mol. The maximum Gasteiger partial charge on any atom is 0.374 e. The van der Waals surface area contributed by atoms with Crippen LogP contribution in [0.25, 0.3) is 10.9 Å². The minimum Gasteiger partial charge on any atom is -0.475 e. The summed E-state index contributed by atoms with van der Waals surface area (Å²) in [5.74, 6) is -0.546. The van der Waals surface area contributed by atoms with Crippen LogP contribution >= 0.6 is 0 Å². The number of aromatic carboxylic acids is 1. The normalized spacial score (nSPS) is 10.6. The highest BCUT2D eigenvalue weighted by Crippen LogP contribution is 2.23. The Morgan fingerprint density at radius 2 is 2.00 bits per heavy atom. The van der Waals surface area contributed by atoms with Crippen molar-refractivity contribution in [2.24, 2.45) is 0 Å². The van der Waals surface area contributed by atoms with E-state index in [1.165, 1.54) is 0 Å².